The first-order chi connectivity index (χ1) is 25.5. The predicted molar refractivity (Wildman–Crippen MR) is 232 cm³/mol. The number of aliphatic hydroxyl groups excluding tert-OH is 1. The van der Waals surface area contributed by atoms with Crippen LogP contribution in [0.1, 0.15) is 119 Å². The summed E-state index contributed by atoms with van der Waals surface area (Å²) in [7, 11) is 0. The van der Waals surface area contributed by atoms with Gasteiger partial charge in [-0.3, -0.25) is 9.78 Å². The Balaban J connectivity index is 0.000000320. The average molecular weight is 935 g/mol. The summed E-state index contributed by atoms with van der Waals surface area (Å²) in [6.45, 7) is 25.5. The zero-order valence-corrected chi connectivity index (χ0v) is 38.2. The molecule has 6 rings (SSSR count). The Hall–Kier alpha value is -3.57. The van der Waals surface area contributed by atoms with Gasteiger partial charge in [-0.25, -0.2) is 0 Å². The molecule has 1 radical (unpaired) electrons. The Labute approximate surface area is 347 Å². The molecule has 0 saturated heterocycles. The van der Waals surface area contributed by atoms with E-state index in [0.29, 0.717) is 5.92 Å². The van der Waals surface area contributed by atoms with Crippen LogP contribution < -0.4 is 0 Å². The van der Waals surface area contributed by atoms with E-state index in [2.05, 4.69) is 108 Å². The molecule has 3 aromatic heterocycles. The Kier molecular flexibility index (Phi) is 14.2. The molecule has 0 aliphatic rings. The van der Waals surface area contributed by atoms with E-state index >= 15 is 0 Å². The van der Waals surface area contributed by atoms with Gasteiger partial charge in [-0.2, -0.15) is 0 Å². The van der Waals surface area contributed by atoms with Crippen LogP contribution in [0.4, 0.5) is 0 Å². The summed E-state index contributed by atoms with van der Waals surface area (Å²) >= 11 is 1.82. The number of allylic oxidation sites excluding steroid dienone is 2. The minimum absolute atomic E-state index is 0. The Bertz CT molecular complexity index is 2290. The molecule has 55 heavy (non-hydrogen) atoms. The predicted octanol–water partition coefficient (Wildman–Crippen LogP) is 14.8. The maximum Gasteiger partial charge on any atom is 0.164 e. The summed E-state index contributed by atoms with van der Waals surface area (Å²) in [5, 5.41) is 15.0. The molecular weight excluding hydrogens is 875 g/mol. The summed E-state index contributed by atoms with van der Waals surface area (Å²) in [6, 6.07) is 25.4. The van der Waals surface area contributed by atoms with Crippen LogP contribution in [-0.4, -0.2) is 15.9 Å². The smallest absolute Gasteiger partial charge is 0.164 e. The molecule has 0 aliphatic heterocycles. The molecule has 0 atom stereocenters. The van der Waals surface area contributed by atoms with Crippen molar-refractivity contribution in [2.24, 2.45) is 16.7 Å². The molecule has 6 aromatic rings. The van der Waals surface area contributed by atoms with Crippen LogP contribution in [0.15, 0.2) is 83.1 Å². The number of hydrogen-bond acceptors (Lipinski definition) is 5. The van der Waals surface area contributed by atoms with Gasteiger partial charge >= 0.3 is 0 Å². The van der Waals surface area contributed by atoms with Crippen molar-refractivity contribution in [3.63, 3.8) is 0 Å². The largest absolute Gasteiger partial charge is 0.512 e. The Morgan fingerprint density at radius 1 is 0.909 bits per heavy atom. The molecule has 1 N–H and O–H groups in total. The second kappa shape index (κ2) is 17.7. The first kappa shape index (κ1) is 44.1. The van der Waals surface area contributed by atoms with Gasteiger partial charge in [0.2, 0.25) is 0 Å². The van der Waals surface area contributed by atoms with Crippen LogP contribution in [0, 0.1) is 29.7 Å². The molecule has 3 aromatic carbocycles. The number of benzene rings is 3. The zero-order chi connectivity index (χ0) is 39.6. The monoisotopic (exact) mass is 935 g/mol. The van der Waals surface area contributed by atoms with E-state index in [1.807, 2.05) is 59.1 Å². The summed E-state index contributed by atoms with van der Waals surface area (Å²) in [5.74, 6) is 1.88. The maximum absolute atomic E-state index is 12.2. The minimum atomic E-state index is -0.337. The number of thiophene rings is 1. The zero-order valence-electron chi connectivity index (χ0n) is 35.0. The topological polar surface area (TPSA) is 63.3 Å². The van der Waals surface area contributed by atoms with Crippen LogP contribution in [0.3, 0.4) is 0 Å². The van der Waals surface area contributed by atoms with Crippen LogP contribution >= 0.6 is 11.3 Å². The number of furan rings is 1. The SMILES string of the molecule is CCC(C)(CC)C(=O)/C=C(\O)C(C)(CC)CC.Cc1oc2cccc(-c3cc4ccnc(-c5[c-]c6ccccc6c(C(C)(C)C)c5)c4s3)c2c1CC(C)C.[Ir]. The Morgan fingerprint density at radius 2 is 1.56 bits per heavy atom. The molecule has 0 spiro atoms. The fourth-order valence-corrected chi connectivity index (χ4v) is 8.33. The van der Waals surface area contributed by atoms with Crippen LogP contribution in [0.2, 0.25) is 0 Å². The van der Waals surface area contributed by atoms with Gasteiger partial charge in [0.15, 0.2) is 5.78 Å². The summed E-state index contributed by atoms with van der Waals surface area (Å²) in [5.41, 5.74) is 6.34. The molecule has 0 saturated carbocycles. The van der Waals surface area contributed by atoms with Crippen molar-refractivity contribution < 1.29 is 34.4 Å². The number of fused-ring (bicyclic) bond motifs is 3. The van der Waals surface area contributed by atoms with E-state index < -0.39 is 0 Å². The second-order valence-electron chi connectivity index (χ2n) is 16.9. The van der Waals surface area contributed by atoms with Gasteiger partial charge in [0, 0.05) is 75.0 Å². The van der Waals surface area contributed by atoms with Gasteiger partial charge in [0.25, 0.3) is 0 Å². The number of aliphatic hydroxyl groups is 1. The van der Waals surface area contributed by atoms with Gasteiger partial charge < -0.3 is 9.52 Å². The van der Waals surface area contributed by atoms with E-state index in [9.17, 15) is 9.90 Å². The van der Waals surface area contributed by atoms with Crippen molar-refractivity contribution in [2.45, 2.75) is 121 Å². The quantitative estimate of drug-likeness (QED) is 0.0799. The summed E-state index contributed by atoms with van der Waals surface area (Å²) in [4.78, 5) is 18.3. The number of rotatable bonds is 11. The van der Waals surface area contributed by atoms with E-state index in [0.717, 1.165) is 60.1 Å². The van der Waals surface area contributed by atoms with Gasteiger partial charge in [-0.05, 0) is 73.9 Å². The van der Waals surface area contributed by atoms with Crippen molar-refractivity contribution in [1.82, 2.24) is 4.98 Å². The van der Waals surface area contributed by atoms with Crippen LogP contribution in [0.5, 0.6) is 0 Å². The number of carbonyl (C=O) groups excluding carboxylic acids is 1. The number of aromatic nitrogens is 1. The van der Waals surface area contributed by atoms with Crippen molar-refractivity contribution in [3.05, 3.63) is 102 Å². The van der Waals surface area contributed by atoms with Gasteiger partial charge in [-0.1, -0.05) is 117 Å². The average Bonchev–Trinajstić information content (AvgIpc) is 3.73. The van der Waals surface area contributed by atoms with Crippen molar-refractivity contribution in [1.29, 1.82) is 0 Å². The summed E-state index contributed by atoms with van der Waals surface area (Å²) in [6.07, 6.45) is 7.69. The van der Waals surface area contributed by atoms with Crippen LogP contribution in [0.25, 0.3) is 53.5 Å². The van der Waals surface area contributed by atoms with E-state index in [4.69, 9.17) is 9.40 Å². The molecule has 0 amide bonds. The third-order valence-corrected chi connectivity index (χ3v) is 13.0. The first-order valence-corrected chi connectivity index (χ1v) is 20.6. The van der Waals surface area contributed by atoms with Gasteiger partial charge in [-0.15, -0.1) is 40.5 Å². The number of carbonyl (C=O) groups is 1. The Morgan fingerprint density at radius 3 is 2.18 bits per heavy atom. The van der Waals surface area contributed by atoms with Crippen LogP contribution in [-0.2, 0) is 36.7 Å². The van der Waals surface area contributed by atoms with E-state index in [1.165, 1.54) is 48.5 Å². The van der Waals surface area contributed by atoms with Crippen molar-refractivity contribution >= 4 is 48.9 Å². The van der Waals surface area contributed by atoms with Crippen molar-refractivity contribution in [3.8, 4) is 21.7 Å². The van der Waals surface area contributed by atoms with Gasteiger partial charge in [0.05, 0.1) is 0 Å². The van der Waals surface area contributed by atoms with Crippen molar-refractivity contribution in [2.75, 3.05) is 0 Å². The standard InChI is InChI=1S/C34H32NOS.C15H28O2.Ir/c1-20(2)16-27-21(3)36-29-13-9-12-26(31(27)29)30-19-23-14-15-35-32(33(23)37-30)24-17-22-10-7-8-11-25(22)28(18-24)34(4,5)6;1-7-14(5,8-2)12(16)11-13(17)15(6,9-3)10-4;/h7-15,18-20H,16H2,1-6H3;11,16H,7-10H2,1-6H3;/q-1;;/b;12-11-;. The number of pyridine rings is 1. The number of nitrogens with zero attached hydrogens (tertiary/aromatic N) is 1. The molecule has 6 heteroatoms. The fraction of sp³-hybridized carbons (Fsp3) is 0.429. The molecule has 0 aliphatic carbocycles. The fourth-order valence-electron chi connectivity index (χ4n) is 7.14. The third-order valence-electron chi connectivity index (χ3n) is 11.8. The van der Waals surface area contributed by atoms with E-state index in [1.54, 1.807) is 0 Å². The molecule has 0 bridgehead atoms. The molecule has 3 heterocycles. The second-order valence-corrected chi connectivity index (χ2v) is 18.0. The molecule has 0 unspecified atom stereocenters. The number of hydrogen-bond donors (Lipinski definition) is 1. The number of ketones is 1. The first-order valence-electron chi connectivity index (χ1n) is 19.8. The summed E-state index contributed by atoms with van der Waals surface area (Å²) < 4.78 is 7.40. The van der Waals surface area contributed by atoms with E-state index in [-0.39, 0.29) is 47.9 Å². The van der Waals surface area contributed by atoms with Gasteiger partial charge in [0.1, 0.15) is 17.1 Å². The minimum Gasteiger partial charge on any atom is -0.512 e. The third kappa shape index (κ3) is 9.19. The molecule has 4 nitrogen and oxygen atoms in total. The molecule has 0 fully saturated rings. The molecule has 295 valence electrons. The normalized spacial score (nSPS) is 12.6. The number of aryl methyl sites for hydroxylation is 1. The molecular formula is C49H60IrNO3S-. The maximum atomic E-state index is 12.2.